The van der Waals surface area contributed by atoms with E-state index in [1.807, 2.05) is 0 Å². The molecule has 120 valence electrons. The van der Waals surface area contributed by atoms with E-state index in [0.717, 1.165) is 19.5 Å². The number of piperidine rings is 1. The maximum absolute atomic E-state index is 12.7. The highest BCUT2D eigenvalue weighted by atomic mass is 16.2. The largest absolute Gasteiger partial charge is 0.325 e. The summed E-state index contributed by atoms with van der Waals surface area (Å²) in [6.07, 6.45) is 9.07. The molecule has 0 radical (unpaired) electrons. The summed E-state index contributed by atoms with van der Waals surface area (Å²) in [5, 5.41) is 3.65. The van der Waals surface area contributed by atoms with E-state index in [-0.39, 0.29) is 6.04 Å². The first-order chi connectivity index (χ1) is 10.2. The van der Waals surface area contributed by atoms with Crippen LogP contribution in [0.25, 0.3) is 0 Å². The molecule has 3 rings (SSSR count). The maximum Gasteiger partial charge on any atom is 0.241 e. The molecule has 1 amide bonds. The number of rotatable bonds is 4. The van der Waals surface area contributed by atoms with Crippen LogP contribution in [-0.2, 0) is 4.79 Å². The third-order valence-corrected chi connectivity index (χ3v) is 5.72. The molecular weight excluding hydrogens is 262 g/mol. The van der Waals surface area contributed by atoms with Gasteiger partial charge in [-0.1, -0.05) is 19.8 Å². The van der Waals surface area contributed by atoms with Crippen LogP contribution in [0.4, 0.5) is 0 Å². The molecule has 1 saturated carbocycles. The molecule has 3 aliphatic rings. The van der Waals surface area contributed by atoms with E-state index < -0.39 is 0 Å². The molecule has 2 heterocycles. The van der Waals surface area contributed by atoms with Crippen LogP contribution in [0, 0.1) is 11.8 Å². The van der Waals surface area contributed by atoms with E-state index in [0.29, 0.717) is 23.9 Å². The second-order valence-electron chi connectivity index (χ2n) is 7.38. The lowest BCUT2D eigenvalue weighted by molar-refractivity contribution is -0.131. The number of likely N-dealkylation sites (tertiary alicyclic amines) is 1. The molecule has 1 N–H and O–H groups in total. The summed E-state index contributed by atoms with van der Waals surface area (Å²) < 4.78 is 0. The first-order valence-electron chi connectivity index (χ1n) is 8.94. The van der Waals surface area contributed by atoms with Crippen LogP contribution < -0.4 is 5.32 Å². The van der Waals surface area contributed by atoms with E-state index >= 15 is 0 Å². The van der Waals surface area contributed by atoms with Crippen molar-refractivity contribution in [3.8, 4) is 0 Å². The van der Waals surface area contributed by atoms with Gasteiger partial charge >= 0.3 is 0 Å². The smallest absolute Gasteiger partial charge is 0.241 e. The zero-order chi connectivity index (χ0) is 14.8. The first kappa shape index (κ1) is 15.3. The van der Waals surface area contributed by atoms with Gasteiger partial charge in [0.2, 0.25) is 5.91 Å². The van der Waals surface area contributed by atoms with Crippen LogP contribution in [0.1, 0.15) is 51.9 Å². The van der Waals surface area contributed by atoms with Gasteiger partial charge in [-0.2, -0.15) is 0 Å². The minimum absolute atomic E-state index is 0.0666. The second-order valence-corrected chi connectivity index (χ2v) is 7.38. The molecule has 0 aromatic carbocycles. The molecule has 3 atom stereocenters. The number of carbonyl (C=O) groups is 1. The number of amides is 1. The molecule has 21 heavy (non-hydrogen) atoms. The van der Waals surface area contributed by atoms with E-state index in [9.17, 15) is 4.79 Å². The van der Waals surface area contributed by atoms with Crippen molar-refractivity contribution in [3.63, 3.8) is 0 Å². The highest BCUT2D eigenvalue weighted by Gasteiger charge is 2.43. The number of hydrogen-bond acceptors (Lipinski definition) is 3. The normalized spacial score (nSPS) is 35.8. The Balaban J connectivity index is 1.67. The van der Waals surface area contributed by atoms with Crippen molar-refractivity contribution in [1.29, 1.82) is 0 Å². The minimum atomic E-state index is 0.0666. The van der Waals surface area contributed by atoms with E-state index in [4.69, 9.17) is 0 Å². The van der Waals surface area contributed by atoms with Crippen molar-refractivity contribution >= 4 is 5.91 Å². The lowest BCUT2D eigenvalue weighted by Crippen LogP contribution is -2.47. The molecule has 2 aliphatic heterocycles. The van der Waals surface area contributed by atoms with Gasteiger partial charge in [0.05, 0.1) is 12.2 Å². The fraction of sp³-hybridized carbons (Fsp3) is 0.941. The Kier molecular flexibility index (Phi) is 4.85. The predicted molar refractivity (Wildman–Crippen MR) is 84.9 cm³/mol. The topological polar surface area (TPSA) is 35.6 Å². The molecule has 4 nitrogen and oxygen atoms in total. The summed E-state index contributed by atoms with van der Waals surface area (Å²) in [6.45, 7) is 5.46. The van der Waals surface area contributed by atoms with Crippen molar-refractivity contribution in [2.75, 3.05) is 26.7 Å². The summed E-state index contributed by atoms with van der Waals surface area (Å²) in [7, 11) is 2.21. The van der Waals surface area contributed by atoms with Gasteiger partial charge in [-0.05, 0) is 57.5 Å². The van der Waals surface area contributed by atoms with Gasteiger partial charge in [-0.25, -0.2) is 0 Å². The zero-order valence-electron chi connectivity index (χ0n) is 13.7. The van der Waals surface area contributed by atoms with Gasteiger partial charge < -0.3 is 9.80 Å². The van der Waals surface area contributed by atoms with Crippen LogP contribution in [0.3, 0.4) is 0 Å². The Labute approximate surface area is 129 Å². The van der Waals surface area contributed by atoms with Crippen molar-refractivity contribution in [2.45, 2.75) is 64.1 Å². The van der Waals surface area contributed by atoms with Gasteiger partial charge in [0.1, 0.15) is 0 Å². The Morgan fingerprint density at radius 3 is 2.62 bits per heavy atom. The summed E-state index contributed by atoms with van der Waals surface area (Å²) in [5.74, 6) is 1.71. The standard InChI is InChI=1S/C17H31N3O/c1-3-15-17(21)20(12-13-7-6-10-19(2)11-13)16(18-15)14-8-4-5-9-14/h13-16,18H,3-12H2,1-2H3. The Morgan fingerprint density at radius 1 is 1.19 bits per heavy atom. The van der Waals surface area contributed by atoms with Gasteiger partial charge in [-0.15, -0.1) is 0 Å². The number of nitrogens with zero attached hydrogens (tertiary/aromatic N) is 2. The van der Waals surface area contributed by atoms with Crippen molar-refractivity contribution in [2.24, 2.45) is 11.8 Å². The SMILES string of the molecule is CCC1NC(C2CCCC2)N(CC2CCCN(C)C2)C1=O. The van der Waals surface area contributed by atoms with E-state index in [2.05, 4.69) is 29.1 Å². The van der Waals surface area contributed by atoms with Gasteiger partial charge in [0, 0.05) is 13.1 Å². The fourth-order valence-electron chi connectivity index (χ4n) is 4.56. The van der Waals surface area contributed by atoms with Gasteiger partial charge in [0.25, 0.3) is 0 Å². The molecular formula is C17H31N3O. The number of hydrogen-bond donors (Lipinski definition) is 1. The number of carbonyl (C=O) groups excluding carboxylic acids is 1. The molecule has 4 heteroatoms. The van der Waals surface area contributed by atoms with Crippen LogP contribution in [0.2, 0.25) is 0 Å². The molecule has 0 spiro atoms. The minimum Gasteiger partial charge on any atom is -0.325 e. The summed E-state index contributed by atoms with van der Waals surface area (Å²) >= 11 is 0. The molecule has 3 unspecified atom stereocenters. The van der Waals surface area contributed by atoms with Crippen molar-refractivity contribution < 1.29 is 4.79 Å². The third kappa shape index (κ3) is 3.26. The van der Waals surface area contributed by atoms with Crippen LogP contribution >= 0.6 is 0 Å². The van der Waals surface area contributed by atoms with E-state index in [1.54, 1.807) is 0 Å². The number of nitrogens with one attached hydrogen (secondary N) is 1. The highest BCUT2D eigenvalue weighted by Crippen LogP contribution is 2.33. The molecule has 0 aromatic rings. The Morgan fingerprint density at radius 2 is 1.95 bits per heavy atom. The van der Waals surface area contributed by atoms with Gasteiger partial charge in [0.15, 0.2) is 0 Å². The quantitative estimate of drug-likeness (QED) is 0.862. The third-order valence-electron chi connectivity index (χ3n) is 5.72. The lowest BCUT2D eigenvalue weighted by Gasteiger charge is -2.36. The van der Waals surface area contributed by atoms with Crippen molar-refractivity contribution in [1.82, 2.24) is 15.1 Å². The Hall–Kier alpha value is -0.610. The van der Waals surface area contributed by atoms with Crippen molar-refractivity contribution in [3.05, 3.63) is 0 Å². The molecule has 0 bridgehead atoms. The summed E-state index contributed by atoms with van der Waals surface area (Å²) in [6, 6.07) is 0.0666. The molecule has 3 fully saturated rings. The molecule has 1 aliphatic carbocycles. The van der Waals surface area contributed by atoms with Crippen LogP contribution in [0.5, 0.6) is 0 Å². The summed E-state index contributed by atoms with van der Waals surface area (Å²) in [5.41, 5.74) is 0. The lowest BCUT2D eigenvalue weighted by atomic mass is 9.96. The van der Waals surface area contributed by atoms with Gasteiger partial charge in [-0.3, -0.25) is 10.1 Å². The highest BCUT2D eigenvalue weighted by molar-refractivity contribution is 5.84. The molecule has 0 aromatic heterocycles. The maximum atomic E-state index is 12.7. The van der Waals surface area contributed by atoms with Crippen LogP contribution in [0.15, 0.2) is 0 Å². The van der Waals surface area contributed by atoms with E-state index in [1.165, 1.54) is 45.1 Å². The average molecular weight is 293 g/mol. The Bertz CT molecular complexity index is 367. The fourth-order valence-corrected chi connectivity index (χ4v) is 4.56. The zero-order valence-corrected chi connectivity index (χ0v) is 13.7. The monoisotopic (exact) mass is 293 g/mol. The first-order valence-corrected chi connectivity index (χ1v) is 8.94. The predicted octanol–water partition coefficient (Wildman–Crippen LogP) is 2.05. The summed E-state index contributed by atoms with van der Waals surface area (Å²) in [4.78, 5) is 17.3. The average Bonchev–Trinajstić information content (AvgIpc) is 3.09. The van der Waals surface area contributed by atoms with Crippen LogP contribution in [-0.4, -0.2) is 54.6 Å². The second kappa shape index (κ2) is 6.66. The molecule has 2 saturated heterocycles.